The van der Waals surface area contributed by atoms with E-state index in [1.54, 1.807) is 0 Å². The first-order valence-corrected chi connectivity index (χ1v) is 5.93. The van der Waals surface area contributed by atoms with Gasteiger partial charge in [-0.15, -0.1) is 0 Å². The van der Waals surface area contributed by atoms with Crippen molar-refractivity contribution in [2.45, 2.75) is 59.0 Å². The molecule has 0 aliphatic carbocycles. The summed E-state index contributed by atoms with van der Waals surface area (Å²) in [6.45, 7) is 10.1. The van der Waals surface area contributed by atoms with Crippen molar-refractivity contribution < 1.29 is 0 Å². The van der Waals surface area contributed by atoms with Crippen molar-refractivity contribution in [3.63, 3.8) is 0 Å². The van der Waals surface area contributed by atoms with E-state index in [-0.39, 0.29) is 0 Å². The fraction of sp³-hybridized carbons (Fsp3) is 1.00. The van der Waals surface area contributed by atoms with Crippen molar-refractivity contribution in [1.82, 2.24) is 4.90 Å². The summed E-state index contributed by atoms with van der Waals surface area (Å²) in [6, 6.07) is 1.06. The standard InChI is InChI=1S/C12H28N2/c1-6-12(13)7-8-14(5)11(4)9-10(2)3/h10-12H,6-9,13H2,1-5H3. The van der Waals surface area contributed by atoms with Crippen LogP contribution in [-0.4, -0.2) is 30.6 Å². The van der Waals surface area contributed by atoms with E-state index < -0.39 is 0 Å². The lowest BCUT2D eigenvalue weighted by molar-refractivity contribution is 0.220. The molecule has 0 aromatic carbocycles. The van der Waals surface area contributed by atoms with Crippen LogP contribution in [-0.2, 0) is 0 Å². The van der Waals surface area contributed by atoms with Crippen LogP contribution >= 0.6 is 0 Å². The molecular weight excluding hydrogens is 172 g/mol. The van der Waals surface area contributed by atoms with Gasteiger partial charge in [-0.1, -0.05) is 20.8 Å². The van der Waals surface area contributed by atoms with E-state index >= 15 is 0 Å². The van der Waals surface area contributed by atoms with Crippen LogP contribution in [0.3, 0.4) is 0 Å². The van der Waals surface area contributed by atoms with Gasteiger partial charge in [0, 0.05) is 12.1 Å². The van der Waals surface area contributed by atoms with Crippen molar-refractivity contribution in [1.29, 1.82) is 0 Å². The Morgan fingerprint density at radius 3 is 2.21 bits per heavy atom. The number of hydrogen-bond donors (Lipinski definition) is 1. The topological polar surface area (TPSA) is 29.3 Å². The first kappa shape index (κ1) is 13.9. The van der Waals surface area contributed by atoms with E-state index in [0.717, 1.165) is 25.3 Å². The third kappa shape index (κ3) is 6.39. The molecule has 14 heavy (non-hydrogen) atoms. The molecule has 0 aromatic rings. The highest BCUT2D eigenvalue weighted by Gasteiger charge is 2.11. The van der Waals surface area contributed by atoms with Gasteiger partial charge in [0.1, 0.15) is 0 Å². The van der Waals surface area contributed by atoms with Gasteiger partial charge in [0.2, 0.25) is 0 Å². The van der Waals surface area contributed by atoms with Crippen molar-refractivity contribution in [3.8, 4) is 0 Å². The van der Waals surface area contributed by atoms with E-state index in [2.05, 4.69) is 39.6 Å². The molecule has 0 saturated carbocycles. The van der Waals surface area contributed by atoms with Crippen LogP contribution in [0.25, 0.3) is 0 Å². The van der Waals surface area contributed by atoms with Gasteiger partial charge in [-0.2, -0.15) is 0 Å². The quantitative estimate of drug-likeness (QED) is 0.684. The second-order valence-electron chi connectivity index (χ2n) is 4.92. The molecule has 2 N–H and O–H groups in total. The second kappa shape index (κ2) is 7.24. The average molecular weight is 200 g/mol. The first-order chi connectivity index (χ1) is 6.47. The Morgan fingerprint density at radius 2 is 1.79 bits per heavy atom. The molecule has 86 valence electrons. The van der Waals surface area contributed by atoms with E-state index in [4.69, 9.17) is 5.73 Å². The lowest BCUT2D eigenvalue weighted by atomic mass is 10.0. The fourth-order valence-corrected chi connectivity index (χ4v) is 1.66. The van der Waals surface area contributed by atoms with Crippen LogP contribution in [0.15, 0.2) is 0 Å². The Kier molecular flexibility index (Phi) is 7.20. The van der Waals surface area contributed by atoms with E-state index in [1.807, 2.05) is 0 Å². The molecule has 0 aliphatic rings. The summed E-state index contributed by atoms with van der Waals surface area (Å²) < 4.78 is 0. The Labute approximate surface area is 89.9 Å². The Morgan fingerprint density at radius 1 is 1.21 bits per heavy atom. The van der Waals surface area contributed by atoms with Crippen molar-refractivity contribution in [2.24, 2.45) is 11.7 Å². The SMILES string of the molecule is CCC(N)CCN(C)C(C)CC(C)C. The molecule has 0 aliphatic heterocycles. The number of nitrogens with zero attached hydrogens (tertiary/aromatic N) is 1. The predicted molar refractivity (Wildman–Crippen MR) is 64.4 cm³/mol. The summed E-state index contributed by atoms with van der Waals surface area (Å²) in [5, 5.41) is 0. The molecule has 0 saturated heterocycles. The molecule has 2 atom stereocenters. The van der Waals surface area contributed by atoms with Crippen LogP contribution in [0.4, 0.5) is 0 Å². The zero-order chi connectivity index (χ0) is 11.1. The highest BCUT2D eigenvalue weighted by atomic mass is 15.1. The Bertz CT molecular complexity index is 134. The minimum atomic E-state index is 0.378. The van der Waals surface area contributed by atoms with Gasteiger partial charge in [0.15, 0.2) is 0 Å². The van der Waals surface area contributed by atoms with Gasteiger partial charge in [-0.3, -0.25) is 0 Å². The third-order valence-corrected chi connectivity index (χ3v) is 2.94. The van der Waals surface area contributed by atoms with Crippen LogP contribution in [0, 0.1) is 5.92 Å². The smallest absolute Gasteiger partial charge is 0.00663 e. The molecule has 0 rings (SSSR count). The maximum Gasteiger partial charge on any atom is 0.00663 e. The molecule has 0 bridgehead atoms. The summed E-state index contributed by atoms with van der Waals surface area (Å²) >= 11 is 0. The third-order valence-electron chi connectivity index (χ3n) is 2.94. The molecule has 0 aromatic heterocycles. The lowest BCUT2D eigenvalue weighted by Crippen LogP contribution is -2.34. The summed E-state index contributed by atoms with van der Waals surface area (Å²) in [4.78, 5) is 2.43. The van der Waals surface area contributed by atoms with Gasteiger partial charge in [0.25, 0.3) is 0 Å². The Hall–Kier alpha value is -0.0800. The maximum absolute atomic E-state index is 5.90. The predicted octanol–water partition coefficient (Wildman–Crippen LogP) is 2.48. The number of hydrogen-bond acceptors (Lipinski definition) is 2. The van der Waals surface area contributed by atoms with E-state index in [9.17, 15) is 0 Å². The summed E-state index contributed by atoms with van der Waals surface area (Å²) in [6.07, 6.45) is 3.49. The summed E-state index contributed by atoms with van der Waals surface area (Å²) in [7, 11) is 2.20. The van der Waals surface area contributed by atoms with Gasteiger partial charge in [-0.25, -0.2) is 0 Å². The van der Waals surface area contributed by atoms with Crippen LogP contribution < -0.4 is 5.73 Å². The van der Waals surface area contributed by atoms with E-state index in [0.29, 0.717) is 12.1 Å². The van der Waals surface area contributed by atoms with Gasteiger partial charge < -0.3 is 10.6 Å². The molecule has 0 spiro atoms. The van der Waals surface area contributed by atoms with Crippen molar-refractivity contribution in [2.75, 3.05) is 13.6 Å². The first-order valence-electron chi connectivity index (χ1n) is 5.93. The molecule has 0 radical (unpaired) electrons. The molecule has 0 heterocycles. The highest BCUT2D eigenvalue weighted by molar-refractivity contribution is 4.68. The average Bonchev–Trinajstić information content (AvgIpc) is 2.12. The normalized spacial score (nSPS) is 16.3. The molecule has 2 heteroatoms. The van der Waals surface area contributed by atoms with Crippen molar-refractivity contribution >= 4 is 0 Å². The molecular formula is C12H28N2. The number of rotatable bonds is 7. The van der Waals surface area contributed by atoms with Gasteiger partial charge in [-0.05, 0) is 45.7 Å². The van der Waals surface area contributed by atoms with Crippen molar-refractivity contribution in [3.05, 3.63) is 0 Å². The van der Waals surface area contributed by atoms with Gasteiger partial charge >= 0.3 is 0 Å². The van der Waals surface area contributed by atoms with Crippen LogP contribution in [0.1, 0.15) is 47.0 Å². The Balaban J connectivity index is 3.66. The summed E-state index contributed by atoms with van der Waals surface area (Å²) in [5.74, 6) is 0.785. The van der Waals surface area contributed by atoms with Gasteiger partial charge in [0.05, 0.1) is 0 Å². The highest BCUT2D eigenvalue weighted by Crippen LogP contribution is 2.10. The number of nitrogens with two attached hydrogens (primary N) is 1. The summed E-state index contributed by atoms with van der Waals surface area (Å²) in [5.41, 5.74) is 5.90. The molecule has 0 fully saturated rings. The molecule has 2 unspecified atom stereocenters. The maximum atomic E-state index is 5.90. The molecule has 0 amide bonds. The minimum Gasteiger partial charge on any atom is -0.328 e. The minimum absolute atomic E-state index is 0.378. The largest absolute Gasteiger partial charge is 0.328 e. The van der Waals surface area contributed by atoms with E-state index in [1.165, 1.54) is 6.42 Å². The zero-order valence-corrected chi connectivity index (χ0v) is 10.6. The lowest BCUT2D eigenvalue weighted by Gasteiger charge is -2.27. The monoisotopic (exact) mass is 200 g/mol. The molecule has 2 nitrogen and oxygen atoms in total. The van der Waals surface area contributed by atoms with Crippen LogP contribution in [0.2, 0.25) is 0 Å². The fourth-order valence-electron chi connectivity index (χ4n) is 1.66. The second-order valence-corrected chi connectivity index (χ2v) is 4.92. The van der Waals surface area contributed by atoms with Crippen LogP contribution in [0.5, 0.6) is 0 Å². The zero-order valence-electron chi connectivity index (χ0n) is 10.6.